The number of aryl methyl sites for hydroxylation is 1. The quantitative estimate of drug-likeness (QED) is 0.514. The van der Waals surface area contributed by atoms with E-state index >= 15 is 0 Å². The first-order valence-electron chi connectivity index (χ1n) is 10.2. The second-order valence-electron chi connectivity index (χ2n) is 7.68. The Balaban J connectivity index is 1.47. The topological polar surface area (TPSA) is 92.9 Å². The van der Waals surface area contributed by atoms with E-state index in [1.54, 1.807) is 17.4 Å². The average Bonchev–Trinajstić information content (AvgIpc) is 3.17. The van der Waals surface area contributed by atoms with Gasteiger partial charge in [-0.3, -0.25) is 4.79 Å². The third kappa shape index (κ3) is 4.57. The van der Waals surface area contributed by atoms with Crippen molar-refractivity contribution in [1.29, 1.82) is 0 Å². The lowest BCUT2D eigenvalue weighted by Crippen LogP contribution is -2.27. The van der Waals surface area contributed by atoms with Crippen LogP contribution in [0.1, 0.15) is 41.6 Å². The maximum Gasteiger partial charge on any atom is 0.249 e. The van der Waals surface area contributed by atoms with Gasteiger partial charge in [0.15, 0.2) is 0 Å². The predicted molar refractivity (Wildman–Crippen MR) is 119 cm³/mol. The summed E-state index contributed by atoms with van der Waals surface area (Å²) in [6, 6.07) is 7.65. The van der Waals surface area contributed by atoms with Gasteiger partial charge in [-0.2, -0.15) is 0 Å². The summed E-state index contributed by atoms with van der Waals surface area (Å²) in [5, 5.41) is 7.68. The molecule has 1 saturated heterocycles. The first kappa shape index (κ1) is 19.8. The van der Waals surface area contributed by atoms with E-state index in [4.69, 9.17) is 10.7 Å². The Hall–Kier alpha value is -2.51. The van der Waals surface area contributed by atoms with Gasteiger partial charge >= 0.3 is 0 Å². The number of carbonyl (C=O) groups excluding carboxylic acids is 1. The first-order chi connectivity index (χ1) is 14.1. The molecule has 3 aromatic rings. The minimum Gasteiger partial charge on any atom is -0.366 e. The Morgan fingerprint density at radius 3 is 2.97 bits per heavy atom. The van der Waals surface area contributed by atoms with Gasteiger partial charge in [0.2, 0.25) is 11.9 Å². The molecule has 1 fully saturated rings. The van der Waals surface area contributed by atoms with Crippen molar-refractivity contribution in [3.8, 4) is 10.6 Å². The fourth-order valence-corrected chi connectivity index (χ4v) is 5.07. The molecule has 1 aliphatic rings. The summed E-state index contributed by atoms with van der Waals surface area (Å²) in [7, 11) is 0. The van der Waals surface area contributed by atoms with Gasteiger partial charge < -0.3 is 16.4 Å². The van der Waals surface area contributed by atoms with Gasteiger partial charge in [0.25, 0.3) is 0 Å². The van der Waals surface area contributed by atoms with Crippen molar-refractivity contribution in [2.75, 3.05) is 25.0 Å². The Labute approximate surface area is 174 Å². The van der Waals surface area contributed by atoms with Crippen LogP contribution in [0.3, 0.4) is 0 Å². The maximum atomic E-state index is 11.7. The van der Waals surface area contributed by atoms with Gasteiger partial charge in [0, 0.05) is 28.4 Å². The maximum absolute atomic E-state index is 11.7. The number of amides is 1. The summed E-state index contributed by atoms with van der Waals surface area (Å²) in [5.74, 6) is 1.09. The van der Waals surface area contributed by atoms with Crippen LogP contribution in [-0.4, -0.2) is 35.5 Å². The molecular weight excluding hydrogens is 382 g/mol. The van der Waals surface area contributed by atoms with E-state index in [0.717, 1.165) is 58.2 Å². The van der Waals surface area contributed by atoms with E-state index < -0.39 is 5.91 Å². The minimum absolute atomic E-state index is 0.407. The van der Waals surface area contributed by atoms with Crippen LogP contribution in [0.5, 0.6) is 0 Å². The average molecular weight is 410 g/mol. The fourth-order valence-electron chi connectivity index (χ4n) is 3.93. The van der Waals surface area contributed by atoms with Gasteiger partial charge in [0.05, 0.1) is 10.6 Å². The van der Waals surface area contributed by atoms with Crippen LogP contribution >= 0.6 is 11.3 Å². The van der Waals surface area contributed by atoms with Gasteiger partial charge in [-0.25, -0.2) is 9.97 Å². The molecule has 1 aromatic carbocycles. The first-order valence-corrected chi connectivity index (χ1v) is 11.0. The normalized spacial score (nSPS) is 14.9. The van der Waals surface area contributed by atoms with Crippen LogP contribution in [0, 0.1) is 12.8 Å². The molecule has 4 rings (SSSR count). The molecule has 1 amide bonds. The number of piperidine rings is 1. The molecule has 4 N–H and O–H groups in total. The van der Waals surface area contributed by atoms with Crippen LogP contribution in [0.4, 0.5) is 5.95 Å². The Bertz CT molecular complexity index is 1010. The summed E-state index contributed by atoms with van der Waals surface area (Å²) in [5.41, 5.74) is 7.99. The Morgan fingerprint density at radius 2 is 2.17 bits per heavy atom. The van der Waals surface area contributed by atoms with Gasteiger partial charge in [-0.05, 0) is 75.4 Å². The van der Waals surface area contributed by atoms with Crippen molar-refractivity contribution >= 4 is 33.3 Å². The molecule has 0 bridgehead atoms. The van der Waals surface area contributed by atoms with E-state index in [1.807, 2.05) is 31.3 Å². The van der Waals surface area contributed by atoms with Crippen molar-refractivity contribution in [3.05, 3.63) is 41.6 Å². The highest BCUT2D eigenvalue weighted by atomic mass is 32.1. The number of rotatable bonds is 7. The summed E-state index contributed by atoms with van der Waals surface area (Å²) >= 11 is 1.62. The van der Waals surface area contributed by atoms with Gasteiger partial charge in [-0.15, -0.1) is 11.3 Å². The van der Waals surface area contributed by atoms with Crippen LogP contribution in [0.15, 0.2) is 30.5 Å². The molecule has 0 saturated carbocycles. The lowest BCUT2D eigenvalue weighted by Gasteiger charge is -2.22. The van der Waals surface area contributed by atoms with E-state index in [0.29, 0.717) is 11.5 Å². The van der Waals surface area contributed by atoms with E-state index in [1.165, 1.54) is 19.3 Å². The number of fused-ring (bicyclic) bond motifs is 1. The predicted octanol–water partition coefficient (Wildman–Crippen LogP) is 3.96. The second kappa shape index (κ2) is 8.88. The molecule has 29 heavy (non-hydrogen) atoms. The van der Waals surface area contributed by atoms with Crippen LogP contribution in [0.2, 0.25) is 0 Å². The Kier molecular flexibility index (Phi) is 6.06. The molecule has 2 aromatic heterocycles. The summed E-state index contributed by atoms with van der Waals surface area (Å²) < 4.78 is 1.03. The van der Waals surface area contributed by atoms with Crippen molar-refractivity contribution in [2.45, 2.75) is 32.6 Å². The molecule has 7 heteroatoms. The number of thiophene rings is 1. The number of aromatic nitrogens is 2. The van der Waals surface area contributed by atoms with Gasteiger partial charge in [-0.1, -0.05) is 6.07 Å². The fraction of sp³-hybridized carbons (Fsp3) is 0.409. The number of anilines is 1. The molecule has 0 radical (unpaired) electrons. The number of nitrogens with one attached hydrogen (secondary N) is 2. The minimum atomic E-state index is -0.407. The lowest BCUT2D eigenvalue weighted by molar-refractivity contribution is 0.100. The SMILES string of the molecule is Cc1cnc(NCCCC2CCNCC2)nc1-c1cc2c(C(N)=O)cccc2s1. The number of hydrogen-bond donors (Lipinski definition) is 3. The molecule has 1 aliphatic heterocycles. The molecule has 152 valence electrons. The highest BCUT2D eigenvalue weighted by Gasteiger charge is 2.15. The Morgan fingerprint density at radius 1 is 1.34 bits per heavy atom. The van der Waals surface area contributed by atoms with Crippen molar-refractivity contribution < 1.29 is 4.79 Å². The second-order valence-corrected chi connectivity index (χ2v) is 8.76. The number of hydrogen-bond acceptors (Lipinski definition) is 6. The highest BCUT2D eigenvalue weighted by Crippen LogP contribution is 2.35. The number of primary amides is 1. The zero-order valence-electron chi connectivity index (χ0n) is 16.7. The summed E-state index contributed by atoms with van der Waals surface area (Å²) in [6.45, 7) is 5.19. The molecule has 0 atom stereocenters. The van der Waals surface area contributed by atoms with Crippen LogP contribution in [0.25, 0.3) is 20.7 Å². The number of nitrogens with two attached hydrogens (primary N) is 1. The molecule has 6 nitrogen and oxygen atoms in total. The highest BCUT2D eigenvalue weighted by molar-refractivity contribution is 7.22. The standard InChI is InChI=1S/C22H27N5OS/c1-14-13-26-22(25-9-3-4-15-7-10-24-11-8-15)27-20(14)19-12-17-16(21(23)28)5-2-6-18(17)29-19/h2,5-6,12-13,15,24H,3-4,7-11H2,1H3,(H2,23,28)(H,25,26,27). The number of carbonyl (C=O) groups is 1. The summed E-state index contributed by atoms with van der Waals surface area (Å²) in [4.78, 5) is 22.0. The van der Waals surface area contributed by atoms with Crippen LogP contribution < -0.4 is 16.4 Å². The van der Waals surface area contributed by atoms with E-state index in [2.05, 4.69) is 15.6 Å². The molecule has 3 heterocycles. The molecular formula is C22H27N5OS. The zero-order valence-corrected chi connectivity index (χ0v) is 17.5. The number of nitrogens with zero attached hydrogens (tertiary/aromatic N) is 2. The van der Waals surface area contributed by atoms with E-state index in [-0.39, 0.29) is 0 Å². The molecule has 0 aliphatic carbocycles. The van der Waals surface area contributed by atoms with Crippen molar-refractivity contribution in [1.82, 2.24) is 15.3 Å². The third-order valence-electron chi connectivity index (χ3n) is 5.56. The monoisotopic (exact) mass is 409 g/mol. The molecule has 0 unspecified atom stereocenters. The molecule has 0 spiro atoms. The van der Waals surface area contributed by atoms with Gasteiger partial charge in [0.1, 0.15) is 0 Å². The number of benzene rings is 1. The van der Waals surface area contributed by atoms with E-state index in [9.17, 15) is 4.79 Å². The zero-order chi connectivity index (χ0) is 20.2. The lowest BCUT2D eigenvalue weighted by atomic mass is 9.93. The van der Waals surface area contributed by atoms with Crippen LogP contribution in [-0.2, 0) is 0 Å². The summed E-state index contributed by atoms with van der Waals surface area (Å²) in [6.07, 6.45) is 6.80. The van der Waals surface area contributed by atoms with Crippen molar-refractivity contribution in [2.24, 2.45) is 11.7 Å². The third-order valence-corrected chi connectivity index (χ3v) is 6.67. The van der Waals surface area contributed by atoms with Crippen molar-refractivity contribution in [3.63, 3.8) is 0 Å². The smallest absolute Gasteiger partial charge is 0.249 e. The largest absolute Gasteiger partial charge is 0.366 e.